The van der Waals surface area contributed by atoms with Gasteiger partial charge in [0.2, 0.25) is 5.95 Å². The Morgan fingerprint density at radius 1 is 1.19 bits per heavy atom. The molecular formula is C19H23N7O. The lowest BCUT2D eigenvalue weighted by atomic mass is 9.91. The van der Waals surface area contributed by atoms with E-state index in [9.17, 15) is 4.79 Å². The second-order valence-corrected chi connectivity index (χ2v) is 7.01. The minimum absolute atomic E-state index is 0.0994. The fraction of sp³-hybridized carbons (Fsp3) is 0.368. The standard InChI is InChI=1S/C19H23N7O/c1-26(2)18(27)15-9-14-11-22-19(25-17(14)23-15)24-16-4-3-13(10-21-16)12-5-7-20-8-6-12/h3-4,9-12,20H,5-8H2,1-2H3,(H2,21,22,23,24,25). The third-order valence-electron chi connectivity index (χ3n) is 4.84. The highest BCUT2D eigenvalue weighted by Crippen LogP contribution is 2.25. The molecule has 0 radical (unpaired) electrons. The van der Waals surface area contributed by atoms with Gasteiger partial charge in [-0.2, -0.15) is 4.98 Å². The Labute approximate surface area is 157 Å². The molecule has 1 aliphatic heterocycles. The number of carbonyl (C=O) groups is 1. The highest BCUT2D eigenvalue weighted by molar-refractivity contribution is 5.97. The molecule has 0 atom stereocenters. The summed E-state index contributed by atoms with van der Waals surface area (Å²) in [6.07, 6.45) is 5.92. The van der Waals surface area contributed by atoms with Gasteiger partial charge in [-0.3, -0.25) is 4.79 Å². The maximum atomic E-state index is 12.1. The molecule has 0 aliphatic carbocycles. The fourth-order valence-electron chi connectivity index (χ4n) is 3.32. The summed E-state index contributed by atoms with van der Waals surface area (Å²) in [6.45, 7) is 2.12. The van der Waals surface area contributed by atoms with Crippen LogP contribution in [0.15, 0.2) is 30.6 Å². The van der Waals surface area contributed by atoms with E-state index in [1.807, 2.05) is 12.3 Å². The summed E-state index contributed by atoms with van der Waals surface area (Å²) >= 11 is 0. The van der Waals surface area contributed by atoms with Crippen LogP contribution >= 0.6 is 0 Å². The zero-order valence-electron chi connectivity index (χ0n) is 15.5. The van der Waals surface area contributed by atoms with Gasteiger partial charge >= 0.3 is 0 Å². The van der Waals surface area contributed by atoms with Crippen LogP contribution in [0.4, 0.5) is 11.8 Å². The van der Waals surface area contributed by atoms with E-state index < -0.39 is 0 Å². The second-order valence-electron chi connectivity index (χ2n) is 7.01. The van der Waals surface area contributed by atoms with Crippen LogP contribution in [-0.2, 0) is 0 Å². The minimum atomic E-state index is -0.0994. The van der Waals surface area contributed by atoms with E-state index in [4.69, 9.17) is 0 Å². The number of aromatic amines is 1. The van der Waals surface area contributed by atoms with E-state index in [0.29, 0.717) is 29.0 Å². The molecule has 1 saturated heterocycles. The second kappa shape index (κ2) is 7.32. The SMILES string of the molecule is CN(C)C(=O)c1cc2cnc(Nc3ccc(C4CCNCC4)cn3)nc2[nH]1. The van der Waals surface area contributed by atoms with E-state index in [2.05, 4.69) is 36.6 Å². The molecule has 0 aromatic carbocycles. The molecule has 3 aromatic heterocycles. The highest BCUT2D eigenvalue weighted by atomic mass is 16.2. The van der Waals surface area contributed by atoms with Gasteiger partial charge in [-0.15, -0.1) is 0 Å². The largest absolute Gasteiger partial charge is 0.344 e. The number of nitrogens with zero attached hydrogens (tertiary/aromatic N) is 4. The molecular weight excluding hydrogens is 342 g/mol. The van der Waals surface area contributed by atoms with Gasteiger partial charge in [0.05, 0.1) is 0 Å². The van der Waals surface area contributed by atoms with Crippen LogP contribution in [0.3, 0.4) is 0 Å². The van der Waals surface area contributed by atoms with Crippen molar-refractivity contribution in [2.24, 2.45) is 0 Å². The number of carbonyl (C=O) groups excluding carboxylic acids is 1. The lowest BCUT2D eigenvalue weighted by molar-refractivity contribution is 0.0823. The van der Waals surface area contributed by atoms with Crippen LogP contribution < -0.4 is 10.6 Å². The number of anilines is 2. The van der Waals surface area contributed by atoms with Crippen molar-refractivity contribution in [3.05, 3.63) is 41.9 Å². The summed E-state index contributed by atoms with van der Waals surface area (Å²) < 4.78 is 0. The van der Waals surface area contributed by atoms with Crippen LogP contribution in [0.2, 0.25) is 0 Å². The normalized spacial score (nSPS) is 15.0. The summed E-state index contributed by atoms with van der Waals surface area (Å²) in [5.41, 5.74) is 2.38. The predicted molar refractivity (Wildman–Crippen MR) is 104 cm³/mol. The summed E-state index contributed by atoms with van der Waals surface area (Å²) in [7, 11) is 3.43. The highest BCUT2D eigenvalue weighted by Gasteiger charge is 2.16. The first-order valence-corrected chi connectivity index (χ1v) is 9.11. The van der Waals surface area contributed by atoms with Gasteiger partial charge in [-0.1, -0.05) is 6.07 Å². The summed E-state index contributed by atoms with van der Waals surface area (Å²) in [4.78, 5) is 29.9. The fourth-order valence-corrected chi connectivity index (χ4v) is 3.32. The van der Waals surface area contributed by atoms with Crippen molar-refractivity contribution in [2.75, 3.05) is 32.5 Å². The van der Waals surface area contributed by atoms with Crippen LogP contribution in [0.1, 0.15) is 34.8 Å². The number of amides is 1. The Bertz CT molecular complexity index is 942. The molecule has 3 N–H and O–H groups in total. The van der Waals surface area contributed by atoms with Gasteiger partial charge in [0.15, 0.2) is 0 Å². The number of rotatable bonds is 4. The third kappa shape index (κ3) is 3.75. The average Bonchev–Trinajstić information content (AvgIpc) is 3.12. The molecule has 0 saturated carbocycles. The first-order chi connectivity index (χ1) is 13.1. The number of hydrogen-bond donors (Lipinski definition) is 3. The Balaban J connectivity index is 1.50. The molecule has 140 valence electrons. The van der Waals surface area contributed by atoms with Crippen molar-refractivity contribution in [1.29, 1.82) is 0 Å². The van der Waals surface area contributed by atoms with Crippen molar-refractivity contribution in [3.63, 3.8) is 0 Å². The maximum Gasteiger partial charge on any atom is 0.269 e. The molecule has 1 amide bonds. The summed E-state index contributed by atoms with van der Waals surface area (Å²) in [5.74, 6) is 1.61. The van der Waals surface area contributed by atoms with E-state index in [1.165, 1.54) is 10.5 Å². The van der Waals surface area contributed by atoms with Gasteiger partial charge in [0, 0.05) is 31.9 Å². The van der Waals surface area contributed by atoms with Crippen LogP contribution in [-0.4, -0.2) is 57.9 Å². The van der Waals surface area contributed by atoms with E-state index in [-0.39, 0.29) is 5.91 Å². The number of hydrogen-bond acceptors (Lipinski definition) is 6. The molecule has 8 heteroatoms. The van der Waals surface area contributed by atoms with E-state index >= 15 is 0 Å². The molecule has 0 unspecified atom stereocenters. The van der Waals surface area contributed by atoms with Gasteiger partial charge in [0.1, 0.15) is 17.2 Å². The number of pyridine rings is 1. The Hall–Kier alpha value is -3.00. The molecule has 0 spiro atoms. The number of H-pyrrole nitrogens is 1. The number of nitrogens with one attached hydrogen (secondary N) is 3. The first-order valence-electron chi connectivity index (χ1n) is 9.11. The number of piperidine rings is 1. The van der Waals surface area contributed by atoms with Crippen molar-refractivity contribution in [3.8, 4) is 0 Å². The van der Waals surface area contributed by atoms with Crippen molar-refractivity contribution in [2.45, 2.75) is 18.8 Å². The van der Waals surface area contributed by atoms with Gasteiger partial charge in [-0.05, 0) is 49.5 Å². The zero-order chi connectivity index (χ0) is 18.8. The molecule has 4 rings (SSSR count). The minimum Gasteiger partial charge on any atom is -0.344 e. The molecule has 27 heavy (non-hydrogen) atoms. The average molecular weight is 365 g/mol. The van der Waals surface area contributed by atoms with Gasteiger partial charge in [0.25, 0.3) is 5.91 Å². The smallest absolute Gasteiger partial charge is 0.269 e. The maximum absolute atomic E-state index is 12.1. The van der Waals surface area contributed by atoms with E-state index in [1.54, 1.807) is 26.4 Å². The molecule has 8 nitrogen and oxygen atoms in total. The lowest BCUT2D eigenvalue weighted by Crippen LogP contribution is -2.26. The topological polar surface area (TPSA) is 98.8 Å². The molecule has 0 bridgehead atoms. The Morgan fingerprint density at radius 2 is 2.00 bits per heavy atom. The van der Waals surface area contributed by atoms with Crippen LogP contribution in [0, 0.1) is 0 Å². The Morgan fingerprint density at radius 3 is 2.70 bits per heavy atom. The molecule has 3 aromatic rings. The number of fused-ring (bicyclic) bond motifs is 1. The number of aromatic nitrogens is 4. The zero-order valence-corrected chi connectivity index (χ0v) is 15.5. The summed E-state index contributed by atoms with van der Waals surface area (Å²) in [6, 6.07) is 5.83. The van der Waals surface area contributed by atoms with Crippen LogP contribution in [0.25, 0.3) is 11.0 Å². The monoisotopic (exact) mass is 365 g/mol. The summed E-state index contributed by atoms with van der Waals surface area (Å²) in [5, 5.41) is 7.30. The molecule has 1 fully saturated rings. The first kappa shape index (κ1) is 17.4. The van der Waals surface area contributed by atoms with E-state index in [0.717, 1.165) is 31.3 Å². The quantitative estimate of drug-likeness (QED) is 0.656. The predicted octanol–water partition coefficient (Wildman–Crippen LogP) is 2.27. The molecule has 1 aliphatic rings. The van der Waals surface area contributed by atoms with Gasteiger partial charge in [-0.25, -0.2) is 9.97 Å². The van der Waals surface area contributed by atoms with Crippen molar-refractivity contribution < 1.29 is 4.79 Å². The van der Waals surface area contributed by atoms with Crippen LogP contribution in [0.5, 0.6) is 0 Å². The van der Waals surface area contributed by atoms with Crippen molar-refractivity contribution in [1.82, 2.24) is 30.2 Å². The third-order valence-corrected chi connectivity index (χ3v) is 4.84. The Kier molecular flexibility index (Phi) is 4.72. The lowest BCUT2D eigenvalue weighted by Gasteiger charge is -2.22. The van der Waals surface area contributed by atoms with Gasteiger partial charge < -0.3 is 20.5 Å². The van der Waals surface area contributed by atoms with Crippen molar-refractivity contribution >= 4 is 28.7 Å². The molecule has 4 heterocycles.